The second-order valence-corrected chi connectivity index (χ2v) is 9.46. The lowest BCUT2D eigenvalue weighted by Crippen LogP contribution is -2.29. The SMILES string of the molecule is C=CCn1c(SCC(=O)N2CCCC2)nnc1-c1cc(-c2ccc(C)cc2)nc2ccccc12. The first-order valence-corrected chi connectivity index (χ1v) is 12.5. The van der Waals surface area contributed by atoms with Gasteiger partial charge in [0.25, 0.3) is 0 Å². The van der Waals surface area contributed by atoms with Crippen molar-refractivity contribution in [2.24, 2.45) is 0 Å². The fourth-order valence-electron chi connectivity index (χ4n) is 4.31. The topological polar surface area (TPSA) is 63.9 Å². The molecule has 3 heterocycles. The Morgan fingerprint density at radius 3 is 2.62 bits per heavy atom. The lowest BCUT2D eigenvalue weighted by atomic mass is 10.0. The molecule has 172 valence electrons. The fourth-order valence-corrected chi connectivity index (χ4v) is 5.16. The highest BCUT2D eigenvalue weighted by atomic mass is 32.2. The van der Waals surface area contributed by atoms with E-state index in [-0.39, 0.29) is 5.91 Å². The van der Waals surface area contributed by atoms with Crippen LogP contribution in [0, 0.1) is 6.92 Å². The minimum absolute atomic E-state index is 0.160. The highest BCUT2D eigenvalue weighted by molar-refractivity contribution is 7.99. The number of thioether (sulfide) groups is 1. The third-order valence-electron chi connectivity index (χ3n) is 6.12. The summed E-state index contributed by atoms with van der Waals surface area (Å²) in [5, 5.41) is 10.8. The average molecular weight is 470 g/mol. The monoisotopic (exact) mass is 469 g/mol. The smallest absolute Gasteiger partial charge is 0.233 e. The van der Waals surface area contributed by atoms with Crippen LogP contribution in [0.1, 0.15) is 18.4 Å². The van der Waals surface area contributed by atoms with Crippen LogP contribution in [0.15, 0.2) is 72.4 Å². The minimum atomic E-state index is 0.160. The Labute approximate surface area is 203 Å². The summed E-state index contributed by atoms with van der Waals surface area (Å²) in [6, 6.07) is 18.6. The third-order valence-corrected chi connectivity index (χ3v) is 7.07. The largest absolute Gasteiger partial charge is 0.342 e. The molecule has 0 N–H and O–H groups in total. The van der Waals surface area contributed by atoms with Crippen molar-refractivity contribution >= 4 is 28.6 Å². The van der Waals surface area contributed by atoms with Crippen molar-refractivity contribution in [3.63, 3.8) is 0 Å². The Kier molecular flexibility index (Phi) is 6.45. The van der Waals surface area contributed by atoms with Gasteiger partial charge in [-0.3, -0.25) is 9.36 Å². The van der Waals surface area contributed by atoms with Crippen LogP contribution in [0.4, 0.5) is 0 Å². The third kappa shape index (κ3) is 4.48. The van der Waals surface area contributed by atoms with Crippen molar-refractivity contribution < 1.29 is 4.79 Å². The number of nitrogens with zero attached hydrogens (tertiary/aromatic N) is 5. The van der Waals surface area contributed by atoms with E-state index in [9.17, 15) is 4.79 Å². The number of allylic oxidation sites excluding steroid dienone is 1. The lowest BCUT2D eigenvalue weighted by molar-refractivity contribution is -0.127. The van der Waals surface area contributed by atoms with Gasteiger partial charge in [0.2, 0.25) is 5.91 Å². The Hall–Kier alpha value is -3.45. The molecule has 2 aromatic heterocycles. The van der Waals surface area contributed by atoms with Gasteiger partial charge in [-0.15, -0.1) is 16.8 Å². The summed E-state index contributed by atoms with van der Waals surface area (Å²) in [5.41, 5.74) is 5.02. The Balaban J connectivity index is 1.55. The molecule has 0 spiro atoms. The Morgan fingerprint density at radius 1 is 1.09 bits per heavy atom. The number of benzene rings is 2. The van der Waals surface area contributed by atoms with Crippen LogP contribution in [0.25, 0.3) is 33.5 Å². The van der Waals surface area contributed by atoms with E-state index in [1.165, 1.54) is 17.3 Å². The molecule has 7 heteroatoms. The van der Waals surface area contributed by atoms with Crippen molar-refractivity contribution in [1.29, 1.82) is 0 Å². The average Bonchev–Trinajstić information content (AvgIpc) is 3.53. The molecule has 2 aromatic carbocycles. The summed E-state index contributed by atoms with van der Waals surface area (Å²) in [6.07, 6.45) is 4.01. The minimum Gasteiger partial charge on any atom is -0.342 e. The predicted molar refractivity (Wildman–Crippen MR) is 138 cm³/mol. The molecule has 1 aliphatic rings. The number of carbonyl (C=O) groups is 1. The van der Waals surface area contributed by atoms with Gasteiger partial charge in [-0.2, -0.15) is 0 Å². The summed E-state index contributed by atoms with van der Waals surface area (Å²) in [7, 11) is 0. The van der Waals surface area contributed by atoms with Crippen molar-refractivity contribution in [2.45, 2.75) is 31.5 Å². The van der Waals surface area contributed by atoms with Gasteiger partial charge in [0, 0.05) is 36.1 Å². The summed E-state index contributed by atoms with van der Waals surface area (Å²) in [4.78, 5) is 19.4. The van der Waals surface area contributed by atoms with Crippen LogP contribution in [-0.4, -0.2) is 49.4 Å². The quantitative estimate of drug-likeness (QED) is 0.269. The highest BCUT2D eigenvalue weighted by Crippen LogP contribution is 2.33. The van der Waals surface area contributed by atoms with Crippen molar-refractivity contribution in [3.05, 3.63) is 72.8 Å². The van der Waals surface area contributed by atoms with E-state index in [0.29, 0.717) is 12.3 Å². The zero-order chi connectivity index (χ0) is 23.5. The molecule has 1 saturated heterocycles. The van der Waals surface area contributed by atoms with Crippen LogP contribution in [0.2, 0.25) is 0 Å². The number of pyridine rings is 1. The molecular weight excluding hydrogens is 442 g/mol. The van der Waals surface area contributed by atoms with Gasteiger partial charge in [0.05, 0.1) is 17.0 Å². The van der Waals surface area contributed by atoms with Crippen LogP contribution >= 0.6 is 11.8 Å². The lowest BCUT2D eigenvalue weighted by Gasteiger charge is -2.15. The van der Waals surface area contributed by atoms with Crippen molar-refractivity contribution in [1.82, 2.24) is 24.6 Å². The number of para-hydroxylation sites is 1. The van der Waals surface area contributed by atoms with Crippen LogP contribution in [0.5, 0.6) is 0 Å². The zero-order valence-electron chi connectivity index (χ0n) is 19.3. The summed E-state index contributed by atoms with van der Waals surface area (Å²) in [6.45, 7) is 8.28. The second-order valence-electron chi connectivity index (χ2n) is 8.52. The van der Waals surface area contributed by atoms with Crippen LogP contribution in [0.3, 0.4) is 0 Å². The molecule has 5 rings (SSSR count). The molecule has 0 bridgehead atoms. The fraction of sp³-hybridized carbons (Fsp3) is 0.259. The first-order valence-electron chi connectivity index (χ1n) is 11.6. The number of aromatic nitrogens is 4. The number of fused-ring (bicyclic) bond motifs is 1. The normalized spacial score (nSPS) is 13.5. The van der Waals surface area contributed by atoms with E-state index in [1.54, 1.807) is 0 Å². The first-order chi connectivity index (χ1) is 16.6. The van der Waals surface area contributed by atoms with Gasteiger partial charge in [-0.1, -0.05) is 65.9 Å². The highest BCUT2D eigenvalue weighted by Gasteiger charge is 2.21. The molecular formula is C27H27N5OS. The molecule has 1 fully saturated rings. The zero-order valence-corrected chi connectivity index (χ0v) is 20.1. The number of rotatable bonds is 7. The number of amides is 1. The molecule has 4 aromatic rings. The van der Waals surface area contributed by atoms with Crippen molar-refractivity contribution in [3.8, 4) is 22.6 Å². The summed E-state index contributed by atoms with van der Waals surface area (Å²) < 4.78 is 2.04. The van der Waals surface area contributed by atoms with Gasteiger partial charge < -0.3 is 4.90 Å². The van der Waals surface area contributed by atoms with Gasteiger partial charge in [0.15, 0.2) is 11.0 Å². The molecule has 1 amide bonds. The number of likely N-dealkylation sites (tertiary alicyclic amines) is 1. The first kappa shape index (κ1) is 22.3. The standard InChI is InChI=1S/C27H27N5OS/c1-3-14-32-26(29-30-27(32)34-18-25(33)31-15-6-7-16-31)22-17-24(20-12-10-19(2)11-13-20)28-23-9-5-4-8-21(22)23/h3-5,8-13,17H,1,6-7,14-16,18H2,2H3. The van der Waals surface area contributed by atoms with E-state index in [1.807, 2.05) is 33.7 Å². The number of hydrogen-bond donors (Lipinski definition) is 0. The number of hydrogen-bond acceptors (Lipinski definition) is 5. The molecule has 0 unspecified atom stereocenters. The van der Waals surface area contributed by atoms with E-state index >= 15 is 0 Å². The molecule has 6 nitrogen and oxygen atoms in total. The summed E-state index contributed by atoms with van der Waals surface area (Å²) >= 11 is 1.44. The Morgan fingerprint density at radius 2 is 1.85 bits per heavy atom. The van der Waals surface area contributed by atoms with Gasteiger partial charge >= 0.3 is 0 Å². The molecule has 0 aliphatic carbocycles. The maximum absolute atomic E-state index is 12.6. The summed E-state index contributed by atoms with van der Waals surface area (Å²) in [5.74, 6) is 1.28. The molecule has 0 atom stereocenters. The molecule has 0 radical (unpaired) electrons. The van der Waals surface area contributed by atoms with E-state index in [2.05, 4.69) is 60.1 Å². The van der Waals surface area contributed by atoms with E-state index in [0.717, 1.165) is 64.6 Å². The maximum Gasteiger partial charge on any atom is 0.233 e. The van der Waals surface area contributed by atoms with Crippen molar-refractivity contribution in [2.75, 3.05) is 18.8 Å². The Bertz CT molecular complexity index is 1340. The maximum atomic E-state index is 12.6. The molecule has 34 heavy (non-hydrogen) atoms. The van der Waals surface area contributed by atoms with E-state index in [4.69, 9.17) is 4.98 Å². The second kappa shape index (κ2) is 9.81. The molecule has 0 saturated carbocycles. The predicted octanol–water partition coefficient (Wildman–Crippen LogP) is 5.37. The van der Waals surface area contributed by atoms with E-state index < -0.39 is 0 Å². The van der Waals surface area contributed by atoms with Gasteiger partial charge in [0.1, 0.15) is 0 Å². The van der Waals surface area contributed by atoms with Gasteiger partial charge in [-0.25, -0.2) is 4.98 Å². The number of carbonyl (C=O) groups excluding carboxylic acids is 1. The molecule has 1 aliphatic heterocycles. The van der Waals surface area contributed by atoms with Crippen LogP contribution in [-0.2, 0) is 11.3 Å². The van der Waals surface area contributed by atoms with Gasteiger partial charge in [-0.05, 0) is 31.9 Å². The number of aryl methyl sites for hydroxylation is 1. The van der Waals surface area contributed by atoms with Crippen LogP contribution < -0.4 is 0 Å².